The van der Waals surface area contributed by atoms with Crippen molar-refractivity contribution in [1.82, 2.24) is 5.16 Å². The summed E-state index contributed by atoms with van der Waals surface area (Å²) in [6.07, 6.45) is 3.14. The lowest BCUT2D eigenvalue weighted by atomic mass is 10.1. The molecule has 1 heterocycles. The highest BCUT2D eigenvalue weighted by Crippen LogP contribution is 2.22. The normalized spacial score (nSPS) is 10.9. The van der Waals surface area contributed by atoms with Crippen LogP contribution in [0.5, 0.6) is 0 Å². The number of anilines is 1. The van der Waals surface area contributed by atoms with Gasteiger partial charge in [0.25, 0.3) is 5.69 Å². The van der Waals surface area contributed by atoms with Crippen molar-refractivity contribution in [1.29, 1.82) is 0 Å². The smallest absolute Gasteiger partial charge is 0.276 e. The molecule has 92 valence electrons. The number of nitrogens with two attached hydrogens (primary N) is 1. The number of nitrogen functional groups attached to an aromatic ring is 1. The maximum Gasteiger partial charge on any atom is 0.276 e. The van der Waals surface area contributed by atoms with Crippen molar-refractivity contribution in [2.24, 2.45) is 0 Å². The Balaban J connectivity index is 2.35. The molecule has 6 heteroatoms. The van der Waals surface area contributed by atoms with Crippen LogP contribution >= 0.6 is 0 Å². The van der Waals surface area contributed by atoms with Crippen LogP contribution in [0.15, 0.2) is 28.8 Å². The third-order valence-corrected chi connectivity index (χ3v) is 2.48. The van der Waals surface area contributed by atoms with Gasteiger partial charge in [-0.2, -0.15) is 0 Å². The largest absolute Gasteiger partial charge is 0.394 e. The molecule has 0 bridgehead atoms. The lowest BCUT2D eigenvalue weighted by Crippen LogP contribution is -1.90. The van der Waals surface area contributed by atoms with E-state index in [1.807, 2.05) is 0 Å². The van der Waals surface area contributed by atoms with E-state index in [0.717, 1.165) is 0 Å². The van der Waals surface area contributed by atoms with E-state index in [4.69, 9.17) is 10.3 Å². The monoisotopic (exact) mass is 245 g/mol. The minimum absolute atomic E-state index is 0.0311. The lowest BCUT2D eigenvalue weighted by Gasteiger charge is -1.95. The van der Waals surface area contributed by atoms with E-state index in [2.05, 4.69) is 5.16 Å². The van der Waals surface area contributed by atoms with E-state index < -0.39 is 4.92 Å². The van der Waals surface area contributed by atoms with Crippen LogP contribution in [0.25, 0.3) is 12.2 Å². The maximum atomic E-state index is 10.8. The molecule has 0 saturated heterocycles. The number of benzene rings is 1. The van der Waals surface area contributed by atoms with Crippen LogP contribution in [-0.4, -0.2) is 10.1 Å². The summed E-state index contributed by atoms with van der Waals surface area (Å²) in [5.74, 6) is 0.394. The minimum Gasteiger partial charge on any atom is -0.394 e. The molecule has 0 aliphatic carbocycles. The number of para-hydroxylation sites is 1. The van der Waals surface area contributed by atoms with Crippen molar-refractivity contribution < 1.29 is 9.45 Å². The predicted octanol–water partition coefficient (Wildman–Crippen LogP) is 2.64. The molecule has 2 N–H and O–H groups in total. The molecule has 18 heavy (non-hydrogen) atoms. The molecule has 6 nitrogen and oxygen atoms in total. The van der Waals surface area contributed by atoms with Gasteiger partial charge in [-0.05, 0) is 25.1 Å². The summed E-state index contributed by atoms with van der Waals surface area (Å²) < 4.78 is 4.99. The second-order valence-corrected chi connectivity index (χ2v) is 3.70. The molecule has 2 aromatic rings. The molecule has 0 aliphatic rings. The highest BCUT2D eigenvalue weighted by atomic mass is 16.6. The maximum absolute atomic E-state index is 10.8. The Bertz CT molecular complexity index is 617. The Morgan fingerprint density at radius 1 is 1.39 bits per heavy atom. The summed E-state index contributed by atoms with van der Waals surface area (Å²) in [7, 11) is 0. The Hall–Kier alpha value is -2.63. The SMILES string of the molecule is Cc1noc(/C=C/c2ccccc2[N+](=O)[O-])c1N. The minimum atomic E-state index is -0.436. The van der Waals surface area contributed by atoms with Gasteiger partial charge in [0.15, 0.2) is 5.76 Å². The second-order valence-electron chi connectivity index (χ2n) is 3.70. The summed E-state index contributed by atoms with van der Waals surface area (Å²) in [5.41, 5.74) is 7.27. The molecule has 0 spiro atoms. The van der Waals surface area contributed by atoms with E-state index in [-0.39, 0.29) is 5.69 Å². The average molecular weight is 245 g/mol. The predicted molar refractivity (Wildman–Crippen MR) is 67.7 cm³/mol. The number of nitro groups is 1. The van der Waals surface area contributed by atoms with Crippen LogP contribution in [0.4, 0.5) is 11.4 Å². The van der Waals surface area contributed by atoms with Crippen LogP contribution in [0.3, 0.4) is 0 Å². The first-order valence-electron chi connectivity index (χ1n) is 5.23. The van der Waals surface area contributed by atoms with Gasteiger partial charge in [-0.1, -0.05) is 17.3 Å². The molecule has 0 unspecified atom stereocenters. The Morgan fingerprint density at radius 3 is 2.72 bits per heavy atom. The summed E-state index contributed by atoms with van der Waals surface area (Å²) in [4.78, 5) is 10.4. The van der Waals surface area contributed by atoms with Crippen molar-refractivity contribution in [3.63, 3.8) is 0 Å². The molecule has 1 aromatic carbocycles. The molecule has 1 aromatic heterocycles. The first-order valence-corrected chi connectivity index (χ1v) is 5.23. The first-order chi connectivity index (χ1) is 8.59. The summed E-state index contributed by atoms with van der Waals surface area (Å²) in [6.45, 7) is 1.72. The molecule has 0 radical (unpaired) electrons. The van der Waals surface area contributed by atoms with Gasteiger partial charge in [-0.25, -0.2) is 0 Å². The molecular formula is C12H11N3O3. The van der Waals surface area contributed by atoms with Gasteiger partial charge >= 0.3 is 0 Å². The highest BCUT2D eigenvalue weighted by Gasteiger charge is 2.10. The van der Waals surface area contributed by atoms with Crippen LogP contribution in [0, 0.1) is 17.0 Å². The van der Waals surface area contributed by atoms with Gasteiger partial charge in [0.1, 0.15) is 11.4 Å². The molecule has 0 fully saturated rings. The number of nitro benzene ring substituents is 1. The molecular weight excluding hydrogens is 234 g/mol. The lowest BCUT2D eigenvalue weighted by molar-refractivity contribution is -0.385. The topological polar surface area (TPSA) is 95.2 Å². The van der Waals surface area contributed by atoms with E-state index in [0.29, 0.717) is 22.7 Å². The van der Waals surface area contributed by atoms with Crippen molar-refractivity contribution >= 4 is 23.5 Å². The summed E-state index contributed by atoms with van der Waals surface area (Å²) in [6, 6.07) is 6.42. The standard InChI is InChI=1S/C12H11N3O3/c1-8-12(13)11(18-14-8)7-6-9-4-2-3-5-10(9)15(16)17/h2-7H,13H2,1H3/b7-6+. The van der Waals surface area contributed by atoms with Crippen molar-refractivity contribution in [3.05, 3.63) is 51.4 Å². The third-order valence-electron chi connectivity index (χ3n) is 2.48. The fourth-order valence-corrected chi connectivity index (χ4v) is 1.47. The number of hydrogen-bond acceptors (Lipinski definition) is 5. The van der Waals surface area contributed by atoms with Crippen LogP contribution < -0.4 is 5.73 Å². The van der Waals surface area contributed by atoms with E-state index in [1.54, 1.807) is 37.3 Å². The van der Waals surface area contributed by atoms with Crippen molar-refractivity contribution in [3.8, 4) is 0 Å². The van der Waals surface area contributed by atoms with Crippen molar-refractivity contribution in [2.75, 3.05) is 5.73 Å². The first kappa shape index (κ1) is 11.8. The zero-order valence-electron chi connectivity index (χ0n) is 9.66. The van der Waals surface area contributed by atoms with Crippen LogP contribution in [0.2, 0.25) is 0 Å². The summed E-state index contributed by atoms with van der Waals surface area (Å²) in [5, 5.41) is 14.5. The molecule has 0 atom stereocenters. The van der Waals surface area contributed by atoms with Crippen molar-refractivity contribution in [2.45, 2.75) is 6.92 Å². The number of aryl methyl sites for hydroxylation is 1. The number of hydrogen-bond donors (Lipinski definition) is 1. The third kappa shape index (κ3) is 2.22. The van der Waals surface area contributed by atoms with E-state index in [9.17, 15) is 10.1 Å². The van der Waals surface area contributed by atoms with Gasteiger partial charge < -0.3 is 10.3 Å². The molecule has 0 aliphatic heterocycles. The number of nitrogens with zero attached hydrogens (tertiary/aromatic N) is 2. The molecule has 0 saturated carbocycles. The molecule has 2 rings (SSSR count). The van der Waals surface area contributed by atoms with Gasteiger partial charge in [-0.15, -0.1) is 0 Å². The van der Waals surface area contributed by atoms with Gasteiger partial charge in [0, 0.05) is 6.07 Å². The van der Waals surface area contributed by atoms with Gasteiger partial charge in [-0.3, -0.25) is 10.1 Å². The van der Waals surface area contributed by atoms with Crippen LogP contribution in [-0.2, 0) is 0 Å². The Kier molecular flexibility index (Phi) is 3.09. The Labute approximate surface area is 103 Å². The van der Waals surface area contributed by atoms with Gasteiger partial charge in [0.05, 0.1) is 10.5 Å². The zero-order chi connectivity index (χ0) is 13.1. The fourth-order valence-electron chi connectivity index (χ4n) is 1.47. The second kappa shape index (κ2) is 4.70. The van der Waals surface area contributed by atoms with E-state index >= 15 is 0 Å². The average Bonchev–Trinajstić information content (AvgIpc) is 2.68. The zero-order valence-corrected chi connectivity index (χ0v) is 9.66. The number of rotatable bonds is 3. The fraction of sp³-hybridized carbons (Fsp3) is 0.0833. The van der Waals surface area contributed by atoms with Gasteiger partial charge in [0.2, 0.25) is 0 Å². The number of aromatic nitrogens is 1. The summed E-state index contributed by atoms with van der Waals surface area (Å²) >= 11 is 0. The van der Waals surface area contributed by atoms with Crippen LogP contribution in [0.1, 0.15) is 17.0 Å². The van der Waals surface area contributed by atoms with E-state index in [1.165, 1.54) is 6.07 Å². The molecule has 0 amide bonds. The Morgan fingerprint density at radius 2 is 2.11 bits per heavy atom. The quantitative estimate of drug-likeness (QED) is 0.662. The highest BCUT2D eigenvalue weighted by molar-refractivity contribution is 5.76.